The van der Waals surface area contributed by atoms with Crippen molar-refractivity contribution >= 4 is 11.6 Å². The second-order valence-electron chi connectivity index (χ2n) is 8.68. The summed E-state index contributed by atoms with van der Waals surface area (Å²) in [6, 6.07) is 10.7. The van der Waals surface area contributed by atoms with E-state index in [1.165, 1.54) is 12.1 Å². The van der Waals surface area contributed by atoms with E-state index in [0.717, 1.165) is 61.2 Å². The Balaban J connectivity index is 1.43. The van der Waals surface area contributed by atoms with Crippen molar-refractivity contribution in [1.29, 1.82) is 0 Å². The molecule has 1 saturated carbocycles. The molecule has 0 unspecified atom stereocenters. The maximum Gasteiger partial charge on any atom is 0.116 e. The van der Waals surface area contributed by atoms with Gasteiger partial charge in [-0.1, -0.05) is 23.7 Å². The minimum Gasteiger partial charge on any atom is -0.395 e. The molecule has 0 amide bonds. The topological polar surface area (TPSA) is 77.9 Å². The number of rotatable bonds is 5. The Morgan fingerprint density at radius 3 is 2.58 bits per heavy atom. The van der Waals surface area contributed by atoms with Crippen LogP contribution in [0.2, 0.25) is 5.02 Å². The molecule has 3 aromatic rings. The lowest BCUT2D eigenvalue weighted by molar-refractivity contribution is 0.0942. The molecule has 1 aliphatic carbocycles. The molecule has 0 radical (unpaired) electrons. The van der Waals surface area contributed by atoms with Gasteiger partial charge < -0.3 is 5.11 Å². The number of aliphatic hydroxyl groups is 1. The van der Waals surface area contributed by atoms with Crippen molar-refractivity contribution in [3.63, 3.8) is 0 Å². The lowest BCUT2D eigenvalue weighted by Crippen LogP contribution is -2.42. The molecule has 31 heavy (non-hydrogen) atoms. The third-order valence-electron chi connectivity index (χ3n) is 6.96. The molecule has 0 spiro atoms. The van der Waals surface area contributed by atoms with Gasteiger partial charge in [0.2, 0.25) is 0 Å². The fourth-order valence-corrected chi connectivity index (χ4v) is 5.52. The first kappa shape index (κ1) is 20.6. The number of benzene rings is 1. The van der Waals surface area contributed by atoms with Crippen molar-refractivity contribution in [1.82, 2.24) is 25.1 Å². The molecule has 2 fully saturated rings. The highest BCUT2D eigenvalue weighted by Gasteiger charge is 2.34. The van der Waals surface area contributed by atoms with Crippen molar-refractivity contribution in [3.8, 4) is 22.5 Å². The standard InChI is InChI=1S/C24H28ClN5O/c25-18-7-3-16(4-8-18)23-22(21-11-12-26-15-27-21)24(29-28-23)17-5-9-19(10-6-17)30-13-1-2-20(30)14-31/h3-4,7-8,11-12,15,17,19-20,31H,1-2,5-6,9-10,13-14H2,(H,28,29)/t17?,19?,20-/m1/s1. The van der Waals surface area contributed by atoms with E-state index in [0.29, 0.717) is 23.0 Å². The summed E-state index contributed by atoms with van der Waals surface area (Å²) in [6.07, 6.45) is 10.2. The minimum absolute atomic E-state index is 0.281. The lowest BCUT2D eigenvalue weighted by Gasteiger charge is -2.37. The fourth-order valence-electron chi connectivity index (χ4n) is 5.40. The van der Waals surface area contributed by atoms with Crippen molar-refractivity contribution in [2.75, 3.05) is 13.2 Å². The number of aromatic nitrogens is 4. The number of nitrogens with zero attached hydrogens (tertiary/aromatic N) is 4. The number of aromatic amines is 1. The largest absolute Gasteiger partial charge is 0.395 e. The van der Waals surface area contributed by atoms with Crippen LogP contribution in [0.5, 0.6) is 0 Å². The van der Waals surface area contributed by atoms with Crippen LogP contribution >= 0.6 is 11.6 Å². The summed E-state index contributed by atoms with van der Waals surface area (Å²) in [7, 11) is 0. The van der Waals surface area contributed by atoms with Gasteiger partial charge in [0.05, 0.1) is 12.3 Å². The molecule has 1 saturated heterocycles. The Labute approximate surface area is 187 Å². The number of likely N-dealkylation sites (tertiary alicyclic amines) is 1. The number of hydrogen-bond donors (Lipinski definition) is 2. The number of nitrogens with one attached hydrogen (secondary N) is 1. The molecule has 2 aliphatic rings. The van der Waals surface area contributed by atoms with Crippen molar-refractivity contribution < 1.29 is 5.11 Å². The van der Waals surface area contributed by atoms with Gasteiger partial charge in [-0.25, -0.2) is 9.97 Å². The van der Waals surface area contributed by atoms with E-state index < -0.39 is 0 Å². The predicted molar refractivity (Wildman–Crippen MR) is 122 cm³/mol. The molecular weight excluding hydrogens is 410 g/mol. The van der Waals surface area contributed by atoms with Crippen LogP contribution < -0.4 is 0 Å². The Kier molecular flexibility index (Phi) is 6.03. The van der Waals surface area contributed by atoms with Crippen LogP contribution in [0.4, 0.5) is 0 Å². The molecule has 2 N–H and O–H groups in total. The van der Waals surface area contributed by atoms with E-state index in [9.17, 15) is 5.11 Å². The number of hydrogen-bond acceptors (Lipinski definition) is 5. The lowest BCUT2D eigenvalue weighted by atomic mass is 9.81. The first-order valence-electron chi connectivity index (χ1n) is 11.2. The zero-order chi connectivity index (χ0) is 21.2. The molecule has 162 valence electrons. The van der Waals surface area contributed by atoms with Crippen molar-refractivity contribution in [2.45, 2.75) is 56.5 Å². The van der Waals surface area contributed by atoms with Crippen LogP contribution in [0.15, 0.2) is 42.9 Å². The van der Waals surface area contributed by atoms with Gasteiger partial charge in [-0.15, -0.1) is 0 Å². The number of H-pyrrole nitrogens is 1. The average Bonchev–Trinajstić information content (AvgIpc) is 3.48. The molecule has 2 aromatic heterocycles. The first-order chi connectivity index (χ1) is 15.2. The summed E-state index contributed by atoms with van der Waals surface area (Å²) in [4.78, 5) is 11.2. The van der Waals surface area contributed by atoms with E-state index in [2.05, 4.69) is 20.0 Å². The van der Waals surface area contributed by atoms with E-state index in [1.54, 1.807) is 12.5 Å². The summed E-state index contributed by atoms with van der Waals surface area (Å²) in [5.74, 6) is 0.421. The Morgan fingerprint density at radius 1 is 1.06 bits per heavy atom. The highest BCUT2D eigenvalue weighted by Crippen LogP contribution is 2.42. The smallest absolute Gasteiger partial charge is 0.116 e. The van der Waals surface area contributed by atoms with Crippen molar-refractivity contribution in [3.05, 3.63) is 53.6 Å². The first-order valence-corrected chi connectivity index (χ1v) is 11.6. The molecule has 1 aromatic carbocycles. The molecule has 7 heteroatoms. The van der Waals surface area contributed by atoms with Crippen LogP contribution in [0, 0.1) is 0 Å². The molecule has 6 nitrogen and oxygen atoms in total. The van der Waals surface area contributed by atoms with E-state index >= 15 is 0 Å². The zero-order valence-corrected chi connectivity index (χ0v) is 18.3. The number of aliphatic hydroxyl groups excluding tert-OH is 1. The summed E-state index contributed by atoms with van der Waals surface area (Å²) in [5.41, 5.74) is 5.07. The zero-order valence-electron chi connectivity index (χ0n) is 17.5. The second kappa shape index (κ2) is 9.07. The van der Waals surface area contributed by atoms with Gasteiger partial charge in [0.1, 0.15) is 12.0 Å². The quantitative estimate of drug-likeness (QED) is 0.606. The Hall–Kier alpha value is -2.28. The van der Waals surface area contributed by atoms with Crippen LogP contribution in [0.3, 0.4) is 0 Å². The minimum atomic E-state index is 0.281. The average molecular weight is 438 g/mol. The van der Waals surface area contributed by atoms with Gasteiger partial charge >= 0.3 is 0 Å². The van der Waals surface area contributed by atoms with Crippen LogP contribution in [0.1, 0.15) is 50.1 Å². The van der Waals surface area contributed by atoms with Gasteiger partial charge in [-0.05, 0) is 63.3 Å². The predicted octanol–water partition coefficient (Wildman–Crippen LogP) is 4.67. The maximum absolute atomic E-state index is 9.71. The molecule has 5 rings (SSSR count). The summed E-state index contributed by atoms with van der Waals surface area (Å²) in [5, 5.41) is 18.5. The van der Waals surface area contributed by atoms with Crippen molar-refractivity contribution in [2.24, 2.45) is 0 Å². The third kappa shape index (κ3) is 4.12. The third-order valence-corrected chi connectivity index (χ3v) is 7.21. The van der Waals surface area contributed by atoms with Gasteiger partial charge in [-0.2, -0.15) is 5.10 Å². The normalized spacial score (nSPS) is 24.5. The summed E-state index contributed by atoms with van der Waals surface area (Å²) < 4.78 is 0. The molecule has 1 aliphatic heterocycles. The van der Waals surface area contributed by atoms with Gasteiger partial charge in [0.25, 0.3) is 0 Å². The summed E-state index contributed by atoms with van der Waals surface area (Å²) in [6.45, 7) is 1.40. The van der Waals surface area contributed by atoms with Gasteiger partial charge in [-0.3, -0.25) is 10.00 Å². The fraction of sp³-hybridized carbons (Fsp3) is 0.458. The Morgan fingerprint density at radius 2 is 1.87 bits per heavy atom. The monoisotopic (exact) mass is 437 g/mol. The highest BCUT2D eigenvalue weighted by atomic mass is 35.5. The van der Waals surface area contributed by atoms with E-state index in [-0.39, 0.29) is 6.61 Å². The van der Waals surface area contributed by atoms with Gasteiger partial charge in [0.15, 0.2) is 0 Å². The van der Waals surface area contributed by atoms with Crippen LogP contribution in [0.25, 0.3) is 22.5 Å². The van der Waals surface area contributed by atoms with E-state index in [1.807, 2.05) is 30.3 Å². The van der Waals surface area contributed by atoms with E-state index in [4.69, 9.17) is 16.7 Å². The molecular formula is C24H28ClN5O. The summed E-state index contributed by atoms with van der Waals surface area (Å²) >= 11 is 6.10. The molecule has 1 atom stereocenters. The SMILES string of the molecule is OC[C@H]1CCCN1C1CCC(c2[nH]nc(-c3ccc(Cl)cc3)c2-c2ccncn2)CC1. The van der Waals surface area contributed by atoms with Crippen LogP contribution in [-0.4, -0.2) is 55.4 Å². The second-order valence-corrected chi connectivity index (χ2v) is 9.12. The molecule has 0 bridgehead atoms. The number of halogens is 1. The Bertz CT molecular complexity index is 999. The molecule has 3 heterocycles. The highest BCUT2D eigenvalue weighted by molar-refractivity contribution is 6.30. The maximum atomic E-state index is 9.71. The van der Waals surface area contributed by atoms with Crippen LogP contribution in [-0.2, 0) is 0 Å². The van der Waals surface area contributed by atoms with Gasteiger partial charge in [0, 0.05) is 46.0 Å².